The summed E-state index contributed by atoms with van der Waals surface area (Å²) in [5.41, 5.74) is 1.73. The summed E-state index contributed by atoms with van der Waals surface area (Å²) in [6, 6.07) is 9.99. The Hall–Kier alpha value is -2.62. The number of rotatable bonds is 4. The third-order valence-corrected chi connectivity index (χ3v) is 4.06. The van der Waals surface area contributed by atoms with Gasteiger partial charge < -0.3 is 15.1 Å². The SMILES string of the molecule is Cc1ccc(NC(=O)CN2C(=O)N/C(=C/c3ccc(I)o3)C2=O)cc1. The maximum atomic E-state index is 12.3. The first kappa shape index (κ1) is 17.2. The van der Waals surface area contributed by atoms with Gasteiger partial charge >= 0.3 is 6.03 Å². The van der Waals surface area contributed by atoms with E-state index in [0.717, 1.165) is 10.5 Å². The number of hydrogen-bond donors (Lipinski definition) is 2. The van der Waals surface area contributed by atoms with E-state index in [0.29, 0.717) is 15.2 Å². The maximum Gasteiger partial charge on any atom is 0.329 e. The molecule has 0 radical (unpaired) electrons. The predicted octanol–water partition coefficient (Wildman–Crippen LogP) is 2.72. The Morgan fingerprint density at radius 3 is 2.60 bits per heavy atom. The summed E-state index contributed by atoms with van der Waals surface area (Å²) < 4.78 is 6.01. The Balaban J connectivity index is 1.67. The van der Waals surface area contributed by atoms with Crippen LogP contribution in [0.25, 0.3) is 6.08 Å². The number of halogens is 1. The van der Waals surface area contributed by atoms with Crippen molar-refractivity contribution < 1.29 is 18.8 Å². The molecular weight excluding hydrogens is 437 g/mol. The second-order valence-corrected chi connectivity index (χ2v) is 6.50. The van der Waals surface area contributed by atoms with Gasteiger partial charge in [0.05, 0.1) is 0 Å². The number of imide groups is 1. The lowest BCUT2D eigenvalue weighted by molar-refractivity contribution is -0.127. The van der Waals surface area contributed by atoms with Gasteiger partial charge in [-0.2, -0.15) is 0 Å². The monoisotopic (exact) mass is 451 g/mol. The Kier molecular flexibility index (Phi) is 4.88. The van der Waals surface area contributed by atoms with Gasteiger partial charge in [-0.1, -0.05) is 17.7 Å². The van der Waals surface area contributed by atoms with Crippen LogP contribution >= 0.6 is 22.6 Å². The average Bonchev–Trinajstić information content (AvgIpc) is 3.08. The van der Waals surface area contributed by atoms with Crippen molar-refractivity contribution in [2.45, 2.75) is 6.92 Å². The van der Waals surface area contributed by atoms with Gasteiger partial charge in [-0.25, -0.2) is 9.69 Å². The van der Waals surface area contributed by atoms with E-state index in [4.69, 9.17) is 4.42 Å². The van der Waals surface area contributed by atoms with E-state index >= 15 is 0 Å². The van der Waals surface area contributed by atoms with Gasteiger partial charge in [0.2, 0.25) is 5.91 Å². The number of anilines is 1. The minimum atomic E-state index is -0.642. The summed E-state index contributed by atoms with van der Waals surface area (Å²) in [5, 5.41) is 5.10. The highest BCUT2D eigenvalue weighted by Gasteiger charge is 2.35. The third kappa shape index (κ3) is 4.08. The zero-order valence-electron chi connectivity index (χ0n) is 13.2. The zero-order valence-corrected chi connectivity index (χ0v) is 15.4. The molecule has 1 aliphatic heterocycles. The molecule has 0 unspecified atom stereocenters. The molecule has 0 atom stereocenters. The molecule has 2 aromatic rings. The van der Waals surface area contributed by atoms with Crippen molar-refractivity contribution in [1.82, 2.24) is 10.2 Å². The van der Waals surface area contributed by atoms with Crippen LogP contribution in [0.1, 0.15) is 11.3 Å². The van der Waals surface area contributed by atoms with Gasteiger partial charge in [-0.3, -0.25) is 9.59 Å². The average molecular weight is 451 g/mol. The van der Waals surface area contributed by atoms with E-state index in [1.54, 1.807) is 24.3 Å². The lowest BCUT2D eigenvalue weighted by atomic mass is 10.2. The molecule has 0 bridgehead atoms. The molecule has 0 spiro atoms. The topological polar surface area (TPSA) is 91.7 Å². The van der Waals surface area contributed by atoms with Crippen LogP contribution in [0.2, 0.25) is 0 Å². The molecule has 1 aromatic heterocycles. The van der Waals surface area contributed by atoms with E-state index in [1.165, 1.54) is 6.08 Å². The summed E-state index contributed by atoms with van der Waals surface area (Å²) in [5.74, 6) is -0.587. The molecule has 1 saturated heterocycles. The van der Waals surface area contributed by atoms with E-state index in [9.17, 15) is 14.4 Å². The number of amides is 4. The number of carbonyl (C=O) groups excluding carboxylic acids is 3. The van der Waals surface area contributed by atoms with Gasteiger partial charge in [0.15, 0.2) is 3.77 Å². The van der Waals surface area contributed by atoms with Crippen LogP contribution < -0.4 is 10.6 Å². The molecule has 128 valence electrons. The van der Waals surface area contributed by atoms with E-state index < -0.39 is 17.8 Å². The van der Waals surface area contributed by atoms with Crippen molar-refractivity contribution in [3.63, 3.8) is 0 Å². The molecule has 1 aromatic carbocycles. The van der Waals surface area contributed by atoms with Crippen molar-refractivity contribution in [1.29, 1.82) is 0 Å². The van der Waals surface area contributed by atoms with Crippen LogP contribution in [0.4, 0.5) is 10.5 Å². The second kappa shape index (κ2) is 7.09. The minimum Gasteiger partial charge on any atom is -0.451 e. The molecule has 2 heterocycles. The highest BCUT2D eigenvalue weighted by Crippen LogP contribution is 2.17. The summed E-state index contributed by atoms with van der Waals surface area (Å²) in [6.45, 7) is 1.57. The largest absolute Gasteiger partial charge is 0.451 e. The first-order chi connectivity index (χ1) is 11.9. The van der Waals surface area contributed by atoms with Gasteiger partial charge in [0.25, 0.3) is 5.91 Å². The van der Waals surface area contributed by atoms with Crippen LogP contribution in [-0.2, 0) is 9.59 Å². The fourth-order valence-corrected chi connectivity index (χ4v) is 2.68. The number of benzene rings is 1. The van der Waals surface area contributed by atoms with Crippen LogP contribution in [-0.4, -0.2) is 29.3 Å². The molecular formula is C17H14IN3O4. The Labute approximate surface area is 157 Å². The number of aryl methyl sites for hydroxylation is 1. The van der Waals surface area contributed by atoms with Crippen molar-refractivity contribution >= 4 is 52.2 Å². The molecule has 1 aliphatic rings. The van der Waals surface area contributed by atoms with Crippen molar-refractivity contribution in [2.75, 3.05) is 11.9 Å². The summed E-state index contributed by atoms with van der Waals surface area (Å²) >= 11 is 2.00. The molecule has 4 amide bonds. The van der Waals surface area contributed by atoms with E-state index in [1.807, 2.05) is 41.6 Å². The van der Waals surface area contributed by atoms with Gasteiger partial charge in [0, 0.05) is 11.8 Å². The lowest BCUT2D eigenvalue weighted by Gasteiger charge is -2.12. The number of hydrogen-bond acceptors (Lipinski definition) is 4. The lowest BCUT2D eigenvalue weighted by Crippen LogP contribution is -2.38. The Morgan fingerprint density at radius 1 is 1.24 bits per heavy atom. The quantitative estimate of drug-likeness (QED) is 0.425. The minimum absolute atomic E-state index is 0.0684. The predicted molar refractivity (Wildman–Crippen MR) is 99.5 cm³/mol. The number of carbonyl (C=O) groups is 3. The van der Waals surface area contributed by atoms with Crippen LogP contribution in [0.5, 0.6) is 0 Å². The molecule has 2 N–H and O–H groups in total. The fraction of sp³-hybridized carbons (Fsp3) is 0.118. The number of nitrogens with zero attached hydrogens (tertiary/aromatic N) is 1. The summed E-state index contributed by atoms with van der Waals surface area (Å²) in [7, 11) is 0. The molecule has 0 aliphatic carbocycles. The fourth-order valence-electron chi connectivity index (χ4n) is 2.24. The number of urea groups is 1. The molecule has 8 heteroatoms. The number of nitrogens with one attached hydrogen (secondary N) is 2. The van der Waals surface area contributed by atoms with Crippen molar-refractivity contribution in [2.24, 2.45) is 0 Å². The van der Waals surface area contributed by atoms with Gasteiger partial charge in [0.1, 0.15) is 18.0 Å². The molecule has 3 rings (SSSR count). The van der Waals surface area contributed by atoms with E-state index in [2.05, 4.69) is 10.6 Å². The van der Waals surface area contributed by atoms with Crippen molar-refractivity contribution in [3.05, 3.63) is 57.2 Å². The normalized spacial score (nSPS) is 15.6. The highest BCUT2D eigenvalue weighted by atomic mass is 127. The highest BCUT2D eigenvalue weighted by molar-refractivity contribution is 14.1. The number of furan rings is 1. The van der Waals surface area contributed by atoms with E-state index in [-0.39, 0.29) is 12.2 Å². The van der Waals surface area contributed by atoms with Crippen LogP contribution in [0.15, 0.2) is 46.5 Å². The third-order valence-electron chi connectivity index (χ3n) is 3.48. The van der Waals surface area contributed by atoms with Gasteiger partial charge in [-0.15, -0.1) is 0 Å². The first-order valence-corrected chi connectivity index (χ1v) is 8.46. The maximum absolute atomic E-state index is 12.3. The molecule has 1 fully saturated rings. The van der Waals surface area contributed by atoms with Crippen molar-refractivity contribution in [3.8, 4) is 0 Å². The molecule has 25 heavy (non-hydrogen) atoms. The standard InChI is InChI=1S/C17H14IN3O4/c1-10-2-4-11(5-3-10)19-15(22)9-21-16(23)13(20-17(21)24)8-12-6-7-14(18)25-12/h2-8H,9H2,1H3,(H,19,22)(H,20,24)/b13-8+. The summed E-state index contributed by atoms with van der Waals surface area (Å²) in [6.07, 6.45) is 1.43. The second-order valence-electron chi connectivity index (χ2n) is 5.44. The zero-order chi connectivity index (χ0) is 18.0. The smallest absolute Gasteiger partial charge is 0.329 e. The summed E-state index contributed by atoms with van der Waals surface area (Å²) in [4.78, 5) is 37.2. The van der Waals surface area contributed by atoms with Gasteiger partial charge in [-0.05, 0) is 53.8 Å². The first-order valence-electron chi connectivity index (χ1n) is 7.39. The Bertz CT molecular complexity index is 870. The Morgan fingerprint density at radius 2 is 1.96 bits per heavy atom. The molecule has 7 nitrogen and oxygen atoms in total. The van der Waals surface area contributed by atoms with Crippen LogP contribution in [0, 0.1) is 10.7 Å². The molecule has 0 saturated carbocycles. The van der Waals surface area contributed by atoms with Crippen LogP contribution in [0.3, 0.4) is 0 Å².